The fraction of sp³-hybridized carbons (Fsp3) is 0.250. The van der Waals surface area contributed by atoms with E-state index in [4.69, 9.17) is 17.3 Å². The molecule has 0 fully saturated rings. The zero-order chi connectivity index (χ0) is 14.9. The monoisotopic (exact) mass is 314 g/mol. The van der Waals surface area contributed by atoms with Crippen LogP contribution in [0.5, 0.6) is 0 Å². The maximum Gasteiger partial charge on any atom is 0.242 e. The third-order valence-corrected chi connectivity index (χ3v) is 4.70. The summed E-state index contributed by atoms with van der Waals surface area (Å²) in [6, 6.07) is 2.90. The van der Waals surface area contributed by atoms with Crippen molar-refractivity contribution >= 4 is 27.3 Å². The molecule has 0 aliphatic rings. The molecule has 0 amide bonds. The van der Waals surface area contributed by atoms with E-state index in [1.807, 2.05) is 0 Å². The number of rotatable bonds is 4. The highest BCUT2D eigenvalue weighted by atomic mass is 35.5. The first-order valence-corrected chi connectivity index (χ1v) is 7.68. The molecule has 0 unspecified atom stereocenters. The van der Waals surface area contributed by atoms with Crippen LogP contribution in [0.3, 0.4) is 0 Å². The van der Waals surface area contributed by atoms with Crippen LogP contribution in [-0.2, 0) is 23.6 Å². The van der Waals surface area contributed by atoms with Gasteiger partial charge in [0.2, 0.25) is 10.0 Å². The lowest BCUT2D eigenvalue weighted by molar-refractivity contribution is 0.581. The standard InChI is InChI=1S/C12H15ClN4O2S/c1-8-3-10(13)12(4-11(8)14)20(18,19)16-6-9-5-15-17(2)7-9/h3-5,7,16H,6,14H2,1-2H3. The normalized spacial score (nSPS) is 11.8. The maximum absolute atomic E-state index is 12.2. The quantitative estimate of drug-likeness (QED) is 0.836. The molecule has 0 aliphatic heterocycles. The number of nitrogens with zero attached hydrogens (tertiary/aromatic N) is 2. The van der Waals surface area contributed by atoms with Crippen molar-refractivity contribution < 1.29 is 8.42 Å². The molecule has 0 atom stereocenters. The summed E-state index contributed by atoms with van der Waals surface area (Å²) in [6.45, 7) is 1.90. The van der Waals surface area contributed by atoms with Crippen molar-refractivity contribution in [1.29, 1.82) is 0 Å². The van der Waals surface area contributed by atoms with Crippen LogP contribution in [0, 0.1) is 6.92 Å². The van der Waals surface area contributed by atoms with E-state index in [1.165, 1.54) is 12.1 Å². The third-order valence-electron chi connectivity index (χ3n) is 2.83. The van der Waals surface area contributed by atoms with Crippen molar-refractivity contribution in [2.24, 2.45) is 7.05 Å². The number of hydrogen-bond acceptors (Lipinski definition) is 4. The molecule has 1 aromatic carbocycles. The Bertz CT molecular complexity index is 740. The zero-order valence-corrected chi connectivity index (χ0v) is 12.7. The molecule has 3 N–H and O–H groups in total. The fourth-order valence-electron chi connectivity index (χ4n) is 1.69. The van der Waals surface area contributed by atoms with Gasteiger partial charge in [0.25, 0.3) is 0 Å². The highest BCUT2D eigenvalue weighted by Crippen LogP contribution is 2.26. The average molecular weight is 315 g/mol. The molecule has 8 heteroatoms. The number of anilines is 1. The minimum Gasteiger partial charge on any atom is -0.398 e. The molecule has 20 heavy (non-hydrogen) atoms. The van der Waals surface area contributed by atoms with Gasteiger partial charge in [-0.25, -0.2) is 13.1 Å². The molecule has 108 valence electrons. The summed E-state index contributed by atoms with van der Waals surface area (Å²) in [5.41, 5.74) is 7.61. The van der Waals surface area contributed by atoms with Gasteiger partial charge in [0, 0.05) is 31.0 Å². The van der Waals surface area contributed by atoms with E-state index in [1.54, 1.807) is 31.0 Å². The SMILES string of the molecule is Cc1cc(Cl)c(S(=O)(=O)NCc2cnn(C)c2)cc1N. The van der Waals surface area contributed by atoms with Gasteiger partial charge in [-0.2, -0.15) is 5.10 Å². The lowest BCUT2D eigenvalue weighted by Gasteiger charge is -2.10. The number of halogens is 1. The minimum atomic E-state index is -3.72. The van der Waals surface area contributed by atoms with E-state index in [9.17, 15) is 8.42 Å². The Labute approximate surface area is 122 Å². The zero-order valence-electron chi connectivity index (χ0n) is 11.1. The number of nitrogens with one attached hydrogen (secondary N) is 1. The van der Waals surface area contributed by atoms with Crippen LogP contribution >= 0.6 is 11.6 Å². The van der Waals surface area contributed by atoms with Gasteiger partial charge in [0.15, 0.2) is 0 Å². The van der Waals surface area contributed by atoms with Crippen LogP contribution in [0.4, 0.5) is 5.69 Å². The van der Waals surface area contributed by atoms with Gasteiger partial charge in [-0.15, -0.1) is 0 Å². The molecule has 6 nitrogen and oxygen atoms in total. The van der Waals surface area contributed by atoms with Crippen LogP contribution < -0.4 is 10.5 Å². The van der Waals surface area contributed by atoms with Crippen molar-refractivity contribution in [2.45, 2.75) is 18.4 Å². The number of aryl methyl sites for hydroxylation is 2. The van der Waals surface area contributed by atoms with E-state index >= 15 is 0 Å². The van der Waals surface area contributed by atoms with Gasteiger partial charge in [0.1, 0.15) is 4.90 Å². The molecule has 2 aromatic rings. The Morgan fingerprint density at radius 1 is 1.45 bits per heavy atom. The van der Waals surface area contributed by atoms with E-state index in [0.717, 1.165) is 11.1 Å². The highest BCUT2D eigenvalue weighted by Gasteiger charge is 2.19. The summed E-state index contributed by atoms with van der Waals surface area (Å²) in [5.74, 6) is 0. The maximum atomic E-state index is 12.2. The molecular weight excluding hydrogens is 300 g/mol. The Kier molecular flexibility index (Phi) is 4.03. The molecule has 0 saturated heterocycles. The van der Waals surface area contributed by atoms with Gasteiger partial charge < -0.3 is 5.73 Å². The summed E-state index contributed by atoms with van der Waals surface area (Å²) < 4.78 is 28.5. The summed E-state index contributed by atoms with van der Waals surface area (Å²) in [4.78, 5) is -0.0221. The predicted molar refractivity (Wildman–Crippen MR) is 77.8 cm³/mol. The van der Waals surface area contributed by atoms with E-state index in [2.05, 4.69) is 9.82 Å². The summed E-state index contributed by atoms with van der Waals surface area (Å²) >= 11 is 5.98. The fourth-order valence-corrected chi connectivity index (χ4v) is 3.33. The van der Waals surface area contributed by atoms with Crippen molar-refractivity contribution in [2.75, 3.05) is 5.73 Å². The number of aromatic nitrogens is 2. The van der Waals surface area contributed by atoms with Crippen LogP contribution in [0.2, 0.25) is 5.02 Å². The smallest absolute Gasteiger partial charge is 0.242 e. The molecule has 0 radical (unpaired) electrons. The largest absolute Gasteiger partial charge is 0.398 e. The second-order valence-electron chi connectivity index (χ2n) is 4.49. The topological polar surface area (TPSA) is 90.0 Å². The van der Waals surface area contributed by atoms with Gasteiger partial charge in [0.05, 0.1) is 11.2 Å². The highest BCUT2D eigenvalue weighted by molar-refractivity contribution is 7.89. The number of sulfonamides is 1. The first kappa shape index (κ1) is 14.8. The Balaban J connectivity index is 2.24. The second kappa shape index (κ2) is 5.43. The average Bonchev–Trinajstić information content (AvgIpc) is 2.77. The van der Waals surface area contributed by atoms with E-state index in [0.29, 0.717) is 5.69 Å². The van der Waals surface area contributed by atoms with Gasteiger partial charge in [-0.3, -0.25) is 4.68 Å². The number of nitrogens with two attached hydrogens (primary N) is 1. The van der Waals surface area contributed by atoms with Crippen LogP contribution in [-0.4, -0.2) is 18.2 Å². The molecule has 1 heterocycles. The van der Waals surface area contributed by atoms with E-state index < -0.39 is 10.0 Å². The minimum absolute atomic E-state index is 0.0221. The lowest BCUT2D eigenvalue weighted by Crippen LogP contribution is -2.23. The van der Waals surface area contributed by atoms with Crippen LogP contribution in [0.25, 0.3) is 0 Å². The molecule has 0 spiro atoms. The van der Waals surface area contributed by atoms with E-state index in [-0.39, 0.29) is 16.5 Å². The van der Waals surface area contributed by atoms with Crippen molar-refractivity contribution in [3.63, 3.8) is 0 Å². The van der Waals surface area contributed by atoms with Gasteiger partial charge in [-0.1, -0.05) is 11.6 Å². The lowest BCUT2D eigenvalue weighted by atomic mass is 10.2. The van der Waals surface area contributed by atoms with Crippen molar-refractivity contribution in [3.8, 4) is 0 Å². The first-order chi connectivity index (χ1) is 9.29. The first-order valence-electron chi connectivity index (χ1n) is 5.82. The van der Waals surface area contributed by atoms with Crippen LogP contribution in [0.1, 0.15) is 11.1 Å². The second-order valence-corrected chi connectivity index (χ2v) is 6.63. The Morgan fingerprint density at radius 2 is 2.15 bits per heavy atom. The number of hydrogen-bond donors (Lipinski definition) is 2. The van der Waals surface area contributed by atoms with Crippen molar-refractivity contribution in [1.82, 2.24) is 14.5 Å². The number of nitrogen functional groups attached to an aromatic ring is 1. The van der Waals surface area contributed by atoms with Gasteiger partial charge >= 0.3 is 0 Å². The summed E-state index contributed by atoms with van der Waals surface area (Å²) in [5, 5.41) is 4.12. The van der Waals surface area contributed by atoms with Gasteiger partial charge in [-0.05, 0) is 24.6 Å². The third kappa shape index (κ3) is 3.12. The summed E-state index contributed by atoms with van der Waals surface area (Å²) in [7, 11) is -1.96. The number of benzene rings is 1. The van der Waals surface area contributed by atoms with Crippen LogP contribution in [0.15, 0.2) is 29.4 Å². The Hall–Kier alpha value is -1.57. The molecule has 2 rings (SSSR count). The molecule has 0 aliphatic carbocycles. The summed E-state index contributed by atoms with van der Waals surface area (Å²) in [6.07, 6.45) is 3.32. The molecule has 0 bridgehead atoms. The molecular formula is C12H15ClN4O2S. The molecule has 0 saturated carbocycles. The molecule has 1 aromatic heterocycles. The Morgan fingerprint density at radius 3 is 2.75 bits per heavy atom. The predicted octanol–water partition coefficient (Wildman–Crippen LogP) is 1.44. The van der Waals surface area contributed by atoms with Crippen molar-refractivity contribution in [3.05, 3.63) is 40.7 Å².